The molecule has 34 heavy (non-hydrogen) atoms. The zero-order valence-electron chi connectivity index (χ0n) is 18.1. The number of hydrogen-bond acceptors (Lipinski definition) is 5. The van der Waals surface area contributed by atoms with Crippen LogP contribution in [0.15, 0.2) is 54.6 Å². The minimum absolute atomic E-state index is 0.126. The molecule has 3 aromatic rings. The van der Waals surface area contributed by atoms with E-state index in [1.54, 1.807) is 7.11 Å². The molecule has 178 valence electrons. The Labute approximate surface area is 193 Å². The lowest BCUT2D eigenvalue weighted by molar-refractivity contribution is -0.139. The van der Waals surface area contributed by atoms with Crippen LogP contribution in [0.25, 0.3) is 11.3 Å². The van der Waals surface area contributed by atoms with Gasteiger partial charge in [0, 0.05) is 37.4 Å². The molecule has 2 heterocycles. The van der Waals surface area contributed by atoms with Crippen LogP contribution in [0, 0.1) is 5.82 Å². The summed E-state index contributed by atoms with van der Waals surface area (Å²) in [7, 11) is 1.58. The van der Waals surface area contributed by atoms with Crippen LogP contribution >= 0.6 is 0 Å². The summed E-state index contributed by atoms with van der Waals surface area (Å²) in [5, 5.41) is 11.0. The molecule has 0 saturated carbocycles. The number of halogens is 4. The Morgan fingerprint density at radius 2 is 1.74 bits per heavy atom. The van der Waals surface area contributed by atoms with Crippen LogP contribution in [0.2, 0.25) is 0 Å². The SMILES string of the molecule is COc1ccccc1-c1ccc(N2CCN(C(=O)Nc3ccc(F)c(C(F)(F)F)c3)CC2)nn1. The first-order valence-electron chi connectivity index (χ1n) is 10.4. The van der Waals surface area contributed by atoms with Crippen molar-refractivity contribution in [1.29, 1.82) is 0 Å². The van der Waals surface area contributed by atoms with Crippen LogP contribution in [-0.4, -0.2) is 54.4 Å². The quantitative estimate of drug-likeness (QED) is 0.556. The van der Waals surface area contributed by atoms with E-state index in [1.807, 2.05) is 41.3 Å². The number of carbonyl (C=O) groups excluding carboxylic acids is 1. The van der Waals surface area contributed by atoms with Gasteiger partial charge in [-0.15, -0.1) is 10.2 Å². The summed E-state index contributed by atoms with van der Waals surface area (Å²) in [6, 6.07) is 13.0. The summed E-state index contributed by atoms with van der Waals surface area (Å²) in [6.45, 7) is 1.59. The number of aromatic nitrogens is 2. The van der Waals surface area contributed by atoms with Crippen molar-refractivity contribution in [3.63, 3.8) is 0 Å². The molecule has 7 nitrogen and oxygen atoms in total. The summed E-state index contributed by atoms with van der Waals surface area (Å²) >= 11 is 0. The maximum atomic E-state index is 13.5. The molecular weight excluding hydrogens is 454 g/mol. The minimum atomic E-state index is -4.85. The molecule has 1 N–H and O–H groups in total. The molecule has 1 aliphatic heterocycles. The molecule has 11 heteroatoms. The van der Waals surface area contributed by atoms with Gasteiger partial charge in [0.2, 0.25) is 0 Å². The van der Waals surface area contributed by atoms with Crippen LogP contribution in [0.4, 0.5) is 33.9 Å². The lowest BCUT2D eigenvalue weighted by Crippen LogP contribution is -2.50. The molecule has 1 fully saturated rings. The first kappa shape index (κ1) is 23.3. The van der Waals surface area contributed by atoms with E-state index < -0.39 is 23.6 Å². The highest BCUT2D eigenvalue weighted by Gasteiger charge is 2.34. The third kappa shape index (κ3) is 5.03. The number of anilines is 2. The minimum Gasteiger partial charge on any atom is -0.496 e. The number of urea groups is 1. The van der Waals surface area contributed by atoms with Gasteiger partial charge in [0.25, 0.3) is 0 Å². The number of piperazine rings is 1. The first-order valence-corrected chi connectivity index (χ1v) is 10.4. The third-order valence-corrected chi connectivity index (χ3v) is 5.45. The fraction of sp³-hybridized carbons (Fsp3) is 0.261. The molecular formula is C23H21F4N5O2. The van der Waals surface area contributed by atoms with E-state index in [1.165, 1.54) is 4.90 Å². The Balaban J connectivity index is 1.36. The number of ether oxygens (including phenoxy) is 1. The van der Waals surface area contributed by atoms with E-state index in [9.17, 15) is 22.4 Å². The fourth-order valence-corrected chi connectivity index (χ4v) is 3.66. The van der Waals surface area contributed by atoms with E-state index >= 15 is 0 Å². The van der Waals surface area contributed by atoms with Gasteiger partial charge in [0.05, 0.1) is 18.4 Å². The molecule has 2 amide bonds. The number of amides is 2. The molecule has 2 aromatic carbocycles. The third-order valence-electron chi connectivity index (χ3n) is 5.45. The molecule has 0 atom stereocenters. The van der Waals surface area contributed by atoms with Crippen molar-refractivity contribution >= 4 is 17.5 Å². The molecule has 0 spiro atoms. The molecule has 0 aliphatic carbocycles. The predicted molar refractivity (Wildman–Crippen MR) is 118 cm³/mol. The van der Waals surface area contributed by atoms with Gasteiger partial charge >= 0.3 is 12.2 Å². The Hall–Kier alpha value is -3.89. The number of para-hydroxylation sites is 1. The lowest BCUT2D eigenvalue weighted by Gasteiger charge is -2.35. The largest absolute Gasteiger partial charge is 0.496 e. The highest BCUT2D eigenvalue weighted by atomic mass is 19.4. The van der Waals surface area contributed by atoms with Gasteiger partial charge in [-0.25, -0.2) is 9.18 Å². The standard InChI is InChI=1S/C23H21F4N5O2/c1-34-20-5-3-2-4-16(20)19-8-9-21(30-29-19)31-10-12-32(13-11-31)22(33)28-15-6-7-18(24)17(14-15)23(25,26)27/h2-9,14H,10-13H2,1H3,(H,28,33). The maximum absolute atomic E-state index is 13.5. The second kappa shape index (κ2) is 9.54. The van der Waals surface area contributed by atoms with Gasteiger partial charge in [0.15, 0.2) is 5.82 Å². The van der Waals surface area contributed by atoms with Crippen molar-refractivity contribution in [2.45, 2.75) is 6.18 Å². The van der Waals surface area contributed by atoms with Crippen LogP contribution in [-0.2, 0) is 6.18 Å². The number of hydrogen-bond donors (Lipinski definition) is 1. The van der Waals surface area contributed by atoms with Crippen LogP contribution in [0.3, 0.4) is 0 Å². The van der Waals surface area contributed by atoms with Crippen molar-refractivity contribution in [2.75, 3.05) is 43.5 Å². The van der Waals surface area contributed by atoms with Crippen molar-refractivity contribution in [2.24, 2.45) is 0 Å². The van der Waals surface area contributed by atoms with Gasteiger partial charge in [-0.3, -0.25) is 0 Å². The predicted octanol–water partition coefficient (Wildman–Crippen LogP) is 4.66. The fourth-order valence-electron chi connectivity index (χ4n) is 3.66. The number of rotatable bonds is 4. The molecule has 4 rings (SSSR count). The second-order valence-electron chi connectivity index (χ2n) is 7.57. The summed E-state index contributed by atoms with van der Waals surface area (Å²) < 4.78 is 57.5. The smallest absolute Gasteiger partial charge is 0.419 e. The molecule has 0 unspecified atom stereocenters. The van der Waals surface area contributed by atoms with Crippen molar-refractivity contribution < 1.29 is 27.1 Å². The summed E-state index contributed by atoms with van der Waals surface area (Å²) in [5.74, 6) is -0.0586. The van der Waals surface area contributed by atoms with E-state index in [4.69, 9.17) is 4.74 Å². The van der Waals surface area contributed by atoms with E-state index in [0.29, 0.717) is 55.6 Å². The topological polar surface area (TPSA) is 70.6 Å². The van der Waals surface area contributed by atoms with E-state index in [-0.39, 0.29) is 5.69 Å². The first-order chi connectivity index (χ1) is 16.3. The Morgan fingerprint density at radius 1 is 1.00 bits per heavy atom. The summed E-state index contributed by atoms with van der Waals surface area (Å²) in [6.07, 6.45) is -4.85. The van der Waals surface area contributed by atoms with Crippen molar-refractivity contribution in [3.05, 3.63) is 66.0 Å². The average molecular weight is 475 g/mol. The van der Waals surface area contributed by atoms with Crippen LogP contribution < -0.4 is 15.0 Å². The van der Waals surface area contributed by atoms with Gasteiger partial charge in [-0.1, -0.05) is 12.1 Å². The van der Waals surface area contributed by atoms with E-state index in [2.05, 4.69) is 15.5 Å². The van der Waals surface area contributed by atoms with Crippen LogP contribution in [0.1, 0.15) is 5.56 Å². The molecule has 1 aliphatic rings. The molecule has 1 saturated heterocycles. The number of benzene rings is 2. The number of methoxy groups -OCH3 is 1. The molecule has 1 aromatic heterocycles. The van der Waals surface area contributed by atoms with Crippen molar-refractivity contribution in [3.8, 4) is 17.0 Å². The van der Waals surface area contributed by atoms with Gasteiger partial charge in [-0.2, -0.15) is 13.2 Å². The highest BCUT2D eigenvalue weighted by molar-refractivity contribution is 5.89. The Morgan fingerprint density at radius 3 is 2.38 bits per heavy atom. The van der Waals surface area contributed by atoms with Gasteiger partial charge in [-0.05, 0) is 42.5 Å². The average Bonchev–Trinajstić information content (AvgIpc) is 2.84. The lowest BCUT2D eigenvalue weighted by atomic mass is 10.1. The second-order valence-corrected chi connectivity index (χ2v) is 7.57. The van der Waals surface area contributed by atoms with Gasteiger partial charge < -0.3 is 19.9 Å². The maximum Gasteiger partial charge on any atom is 0.419 e. The summed E-state index contributed by atoms with van der Waals surface area (Å²) in [5.41, 5.74) is -0.0686. The summed E-state index contributed by atoms with van der Waals surface area (Å²) in [4.78, 5) is 15.9. The van der Waals surface area contributed by atoms with Gasteiger partial charge in [0.1, 0.15) is 11.6 Å². The Bertz CT molecular complexity index is 1160. The van der Waals surface area contributed by atoms with Crippen molar-refractivity contribution in [1.82, 2.24) is 15.1 Å². The zero-order chi connectivity index (χ0) is 24.3. The Kier molecular flexibility index (Phi) is 6.53. The molecule has 0 radical (unpaired) electrons. The number of nitrogens with one attached hydrogen (secondary N) is 1. The highest BCUT2D eigenvalue weighted by Crippen LogP contribution is 2.33. The monoisotopic (exact) mass is 475 g/mol. The van der Waals surface area contributed by atoms with E-state index in [0.717, 1.165) is 11.6 Å². The number of nitrogens with zero attached hydrogens (tertiary/aromatic N) is 4. The molecule has 0 bridgehead atoms. The normalized spacial score (nSPS) is 14.1. The number of alkyl halides is 3. The van der Waals surface area contributed by atoms with Crippen LogP contribution in [0.5, 0.6) is 5.75 Å². The zero-order valence-corrected chi connectivity index (χ0v) is 18.1. The number of carbonyl (C=O) groups is 1.